The molecule has 0 fully saturated rings. The van der Waals surface area contributed by atoms with Gasteiger partial charge in [-0.1, -0.05) is 19.9 Å². The van der Waals surface area contributed by atoms with E-state index < -0.39 is 5.97 Å². The number of aliphatic carboxylic acids is 1. The Labute approximate surface area is 110 Å². The highest BCUT2D eigenvalue weighted by Gasteiger charge is 2.24. The number of hydrogen-bond acceptors (Lipinski definition) is 5. The second-order valence-electron chi connectivity index (χ2n) is 4.57. The third-order valence-corrected chi connectivity index (χ3v) is 2.85. The average molecular weight is 261 g/mol. The number of carboxylic acid groups (broad SMARTS) is 1. The monoisotopic (exact) mass is 261 g/mol. The van der Waals surface area contributed by atoms with Crippen LogP contribution >= 0.6 is 0 Å². The van der Waals surface area contributed by atoms with Crippen LogP contribution in [0.15, 0.2) is 24.4 Å². The van der Waals surface area contributed by atoms with Crippen LogP contribution in [-0.4, -0.2) is 36.3 Å². The first-order valence-corrected chi connectivity index (χ1v) is 6.00. The molecule has 0 spiro atoms. The Morgan fingerprint density at radius 2 is 2.21 bits per heavy atom. The van der Waals surface area contributed by atoms with E-state index >= 15 is 0 Å². The lowest BCUT2D eigenvalue weighted by atomic mass is 10.0. The zero-order chi connectivity index (χ0) is 13.8. The van der Waals surface area contributed by atoms with Crippen LogP contribution < -0.4 is 0 Å². The molecule has 2 heterocycles. The Kier molecular flexibility index (Phi) is 3.84. The van der Waals surface area contributed by atoms with Crippen LogP contribution in [0.4, 0.5) is 0 Å². The predicted octanol–water partition coefficient (Wildman–Crippen LogP) is 1.41. The minimum atomic E-state index is -0.874. The van der Waals surface area contributed by atoms with Crippen LogP contribution in [0.25, 0.3) is 11.5 Å². The van der Waals surface area contributed by atoms with Crippen molar-refractivity contribution in [2.45, 2.75) is 26.3 Å². The van der Waals surface area contributed by atoms with Crippen molar-refractivity contribution in [2.75, 3.05) is 0 Å². The fraction of sp³-hybridized carbons (Fsp3) is 0.417. The van der Waals surface area contributed by atoms with E-state index in [4.69, 9.17) is 5.11 Å². The molecule has 0 aliphatic heterocycles. The number of aromatic nitrogens is 5. The summed E-state index contributed by atoms with van der Waals surface area (Å²) in [5.41, 5.74) is 0.628. The molecule has 0 saturated heterocycles. The molecule has 0 bridgehead atoms. The summed E-state index contributed by atoms with van der Waals surface area (Å²) in [5, 5.41) is 20.5. The van der Waals surface area contributed by atoms with Crippen molar-refractivity contribution < 1.29 is 9.90 Å². The number of pyridine rings is 1. The van der Waals surface area contributed by atoms with Gasteiger partial charge in [-0.3, -0.25) is 9.78 Å². The molecule has 2 aromatic heterocycles. The number of hydrogen-bond donors (Lipinski definition) is 1. The van der Waals surface area contributed by atoms with Gasteiger partial charge in [-0.2, -0.15) is 0 Å². The molecule has 0 radical (unpaired) electrons. The van der Waals surface area contributed by atoms with Crippen LogP contribution in [-0.2, 0) is 4.79 Å². The van der Waals surface area contributed by atoms with Gasteiger partial charge in [-0.05, 0) is 28.5 Å². The first-order valence-electron chi connectivity index (χ1n) is 6.00. The van der Waals surface area contributed by atoms with E-state index in [9.17, 15) is 4.79 Å². The summed E-state index contributed by atoms with van der Waals surface area (Å²) in [6.45, 7) is 3.88. The summed E-state index contributed by atoms with van der Waals surface area (Å²) in [6.07, 6.45) is 1.62. The van der Waals surface area contributed by atoms with Gasteiger partial charge in [0.15, 0.2) is 0 Å². The van der Waals surface area contributed by atoms with Crippen molar-refractivity contribution in [2.24, 2.45) is 5.92 Å². The van der Waals surface area contributed by atoms with Gasteiger partial charge >= 0.3 is 5.97 Å². The van der Waals surface area contributed by atoms with Crippen molar-refractivity contribution >= 4 is 5.97 Å². The fourth-order valence-corrected chi connectivity index (χ4v) is 1.86. The van der Waals surface area contributed by atoms with Gasteiger partial charge in [0, 0.05) is 6.20 Å². The summed E-state index contributed by atoms with van der Waals surface area (Å²) in [6, 6.07) is 5.13. The van der Waals surface area contributed by atoms with Gasteiger partial charge in [-0.25, -0.2) is 4.68 Å². The van der Waals surface area contributed by atoms with Crippen LogP contribution in [0.2, 0.25) is 0 Å². The largest absolute Gasteiger partial charge is 0.481 e. The van der Waals surface area contributed by atoms with Crippen molar-refractivity contribution in [3.8, 4) is 11.5 Å². The lowest BCUT2D eigenvalue weighted by Crippen LogP contribution is -2.21. The zero-order valence-electron chi connectivity index (χ0n) is 10.8. The van der Waals surface area contributed by atoms with Crippen molar-refractivity contribution in [3.63, 3.8) is 0 Å². The van der Waals surface area contributed by atoms with Gasteiger partial charge in [0.05, 0.1) is 12.5 Å². The SMILES string of the molecule is CC(C)C(CC(=O)O)n1nnnc1-c1ccccn1. The fourth-order valence-electron chi connectivity index (χ4n) is 1.86. The van der Waals surface area contributed by atoms with Gasteiger partial charge in [-0.15, -0.1) is 5.10 Å². The van der Waals surface area contributed by atoms with Crippen LogP contribution in [0.5, 0.6) is 0 Å². The van der Waals surface area contributed by atoms with E-state index in [1.807, 2.05) is 19.9 Å². The molecule has 0 amide bonds. The molecule has 1 unspecified atom stereocenters. The standard InChI is InChI=1S/C12H15N5O2/c1-8(2)10(7-11(18)19)17-12(14-15-16-17)9-5-3-4-6-13-9/h3-6,8,10H,7H2,1-2H3,(H,18,19). The van der Waals surface area contributed by atoms with Crippen molar-refractivity contribution in [1.82, 2.24) is 25.2 Å². The molecule has 0 aromatic carbocycles. The maximum Gasteiger partial charge on any atom is 0.305 e. The van der Waals surface area contributed by atoms with Gasteiger partial charge in [0.1, 0.15) is 5.69 Å². The Morgan fingerprint density at radius 3 is 2.79 bits per heavy atom. The van der Waals surface area contributed by atoms with E-state index in [0.717, 1.165) is 0 Å². The molecule has 19 heavy (non-hydrogen) atoms. The van der Waals surface area contributed by atoms with Crippen LogP contribution in [0, 0.1) is 5.92 Å². The first-order chi connectivity index (χ1) is 9.09. The topological polar surface area (TPSA) is 93.8 Å². The Morgan fingerprint density at radius 1 is 1.42 bits per heavy atom. The summed E-state index contributed by atoms with van der Waals surface area (Å²) in [5.74, 6) is -0.288. The lowest BCUT2D eigenvalue weighted by molar-refractivity contribution is -0.138. The lowest BCUT2D eigenvalue weighted by Gasteiger charge is -2.19. The summed E-state index contributed by atoms with van der Waals surface area (Å²) < 4.78 is 1.54. The molecule has 1 N–H and O–H groups in total. The number of carbonyl (C=O) groups is 1. The Hall–Kier alpha value is -2.31. The number of nitrogens with zero attached hydrogens (tertiary/aromatic N) is 5. The molecule has 1 atom stereocenters. The molecular weight excluding hydrogens is 246 g/mol. The van der Waals surface area contributed by atoms with E-state index in [1.54, 1.807) is 23.0 Å². The highest BCUT2D eigenvalue weighted by atomic mass is 16.4. The summed E-state index contributed by atoms with van der Waals surface area (Å²) in [4.78, 5) is 15.2. The maximum atomic E-state index is 11.0. The highest BCUT2D eigenvalue weighted by molar-refractivity contribution is 5.67. The maximum absolute atomic E-state index is 11.0. The number of carboxylic acids is 1. The third kappa shape index (κ3) is 2.93. The predicted molar refractivity (Wildman–Crippen MR) is 67.2 cm³/mol. The molecule has 2 rings (SSSR count). The Bertz CT molecular complexity index is 552. The molecule has 7 heteroatoms. The van der Waals surface area contributed by atoms with Crippen molar-refractivity contribution in [1.29, 1.82) is 0 Å². The average Bonchev–Trinajstić information content (AvgIpc) is 2.85. The molecule has 2 aromatic rings. The molecule has 100 valence electrons. The highest BCUT2D eigenvalue weighted by Crippen LogP contribution is 2.25. The van der Waals surface area contributed by atoms with E-state index in [-0.39, 0.29) is 18.4 Å². The molecule has 0 saturated carbocycles. The van der Waals surface area contributed by atoms with E-state index in [1.165, 1.54) is 0 Å². The second-order valence-corrected chi connectivity index (χ2v) is 4.57. The second kappa shape index (κ2) is 5.55. The number of rotatable bonds is 5. The molecule has 0 aliphatic rings. The molecular formula is C12H15N5O2. The normalized spacial score (nSPS) is 12.6. The van der Waals surface area contributed by atoms with Crippen LogP contribution in [0.1, 0.15) is 26.3 Å². The van der Waals surface area contributed by atoms with Gasteiger partial charge < -0.3 is 5.11 Å². The summed E-state index contributed by atoms with van der Waals surface area (Å²) in [7, 11) is 0. The minimum absolute atomic E-state index is 0.0253. The van der Waals surface area contributed by atoms with Crippen molar-refractivity contribution in [3.05, 3.63) is 24.4 Å². The first kappa shape index (κ1) is 13.1. The quantitative estimate of drug-likeness (QED) is 0.874. The molecule has 7 nitrogen and oxygen atoms in total. The van der Waals surface area contributed by atoms with Gasteiger partial charge in [0.25, 0.3) is 0 Å². The number of tetrazole rings is 1. The summed E-state index contributed by atoms with van der Waals surface area (Å²) >= 11 is 0. The van der Waals surface area contributed by atoms with Crippen LogP contribution in [0.3, 0.4) is 0 Å². The van der Waals surface area contributed by atoms with E-state index in [2.05, 4.69) is 20.5 Å². The third-order valence-electron chi connectivity index (χ3n) is 2.85. The zero-order valence-corrected chi connectivity index (χ0v) is 10.8. The Balaban J connectivity index is 2.39. The molecule has 0 aliphatic carbocycles. The van der Waals surface area contributed by atoms with Gasteiger partial charge in [0.2, 0.25) is 5.82 Å². The van der Waals surface area contributed by atoms with E-state index in [0.29, 0.717) is 11.5 Å². The minimum Gasteiger partial charge on any atom is -0.481 e. The smallest absolute Gasteiger partial charge is 0.305 e.